The largest absolute Gasteiger partial charge is 0.375 e. The van der Waals surface area contributed by atoms with Crippen LogP contribution in [0.15, 0.2) is 0 Å². The van der Waals surface area contributed by atoms with Crippen LogP contribution >= 0.6 is 0 Å². The first-order chi connectivity index (χ1) is 8.39. The topological polar surface area (TPSA) is 47.6 Å². The van der Waals surface area contributed by atoms with E-state index in [2.05, 4.69) is 19.2 Å². The van der Waals surface area contributed by atoms with Gasteiger partial charge in [0.05, 0.1) is 5.60 Å². The summed E-state index contributed by atoms with van der Waals surface area (Å²) in [5.41, 5.74) is -0.827. The van der Waals surface area contributed by atoms with E-state index in [1.54, 1.807) is 21.0 Å². The molecule has 0 spiro atoms. The van der Waals surface area contributed by atoms with Crippen LogP contribution in [0.2, 0.25) is 0 Å². The van der Waals surface area contributed by atoms with Crippen molar-refractivity contribution < 1.29 is 14.3 Å². The number of methoxy groups -OCH3 is 1. The molecule has 4 nitrogen and oxygen atoms in total. The smallest absolute Gasteiger partial charge is 0.251 e. The van der Waals surface area contributed by atoms with Crippen molar-refractivity contribution in [3.05, 3.63) is 0 Å². The third-order valence-electron chi connectivity index (χ3n) is 4.17. The van der Waals surface area contributed by atoms with Crippen LogP contribution in [0.25, 0.3) is 0 Å². The maximum Gasteiger partial charge on any atom is 0.251 e. The first-order valence-electron chi connectivity index (χ1n) is 6.89. The molecule has 0 aromatic carbocycles. The van der Waals surface area contributed by atoms with Crippen molar-refractivity contribution in [1.29, 1.82) is 0 Å². The zero-order chi connectivity index (χ0) is 13.8. The van der Waals surface area contributed by atoms with Crippen molar-refractivity contribution in [2.45, 2.75) is 70.6 Å². The average Bonchev–Trinajstić information content (AvgIpc) is 2.38. The number of ether oxygens (including phenoxy) is 2. The summed E-state index contributed by atoms with van der Waals surface area (Å²) in [6, 6.07) is 0.195. The Kier molecular flexibility index (Phi) is 5.17. The summed E-state index contributed by atoms with van der Waals surface area (Å²) in [6.07, 6.45) is 3.76. The molecule has 0 bridgehead atoms. The summed E-state index contributed by atoms with van der Waals surface area (Å²) >= 11 is 0. The number of nitrogens with one attached hydrogen (secondary N) is 1. The van der Waals surface area contributed by atoms with Crippen molar-refractivity contribution in [3.63, 3.8) is 0 Å². The van der Waals surface area contributed by atoms with Crippen LogP contribution in [0, 0.1) is 0 Å². The van der Waals surface area contributed by atoms with E-state index in [0.717, 1.165) is 32.3 Å². The predicted octanol–water partition coefficient (Wildman–Crippen LogP) is 2.27. The molecule has 1 rings (SSSR count). The van der Waals surface area contributed by atoms with Crippen molar-refractivity contribution in [2.75, 3.05) is 13.7 Å². The third kappa shape index (κ3) is 3.45. The van der Waals surface area contributed by atoms with Gasteiger partial charge in [-0.3, -0.25) is 4.79 Å². The lowest BCUT2D eigenvalue weighted by atomic mass is 9.85. The van der Waals surface area contributed by atoms with Crippen LogP contribution in [0.1, 0.15) is 53.4 Å². The van der Waals surface area contributed by atoms with Crippen LogP contribution in [-0.2, 0) is 14.3 Å². The normalized spacial score (nSPS) is 23.7. The Hall–Kier alpha value is -0.610. The second-order valence-electron chi connectivity index (χ2n) is 5.62. The molecule has 106 valence electrons. The van der Waals surface area contributed by atoms with Gasteiger partial charge in [0.25, 0.3) is 5.91 Å². The summed E-state index contributed by atoms with van der Waals surface area (Å²) in [7, 11) is 1.56. The average molecular weight is 257 g/mol. The Morgan fingerprint density at radius 1 is 1.44 bits per heavy atom. The van der Waals surface area contributed by atoms with Gasteiger partial charge in [-0.15, -0.1) is 0 Å². The number of hydrogen-bond donors (Lipinski definition) is 1. The minimum atomic E-state index is -0.764. The number of hydrogen-bond acceptors (Lipinski definition) is 3. The third-order valence-corrected chi connectivity index (χ3v) is 4.17. The molecule has 1 aliphatic rings. The number of rotatable bonds is 5. The molecule has 1 atom stereocenters. The molecule has 4 heteroatoms. The highest BCUT2D eigenvalue weighted by Gasteiger charge is 2.37. The molecule has 0 aromatic heterocycles. The molecule has 1 amide bonds. The van der Waals surface area contributed by atoms with Gasteiger partial charge in [0, 0.05) is 19.8 Å². The Bertz CT molecular complexity index is 285. The minimum Gasteiger partial charge on any atom is -0.375 e. The van der Waals surface area contributed by atoms with E-state index in [9.17, 15) is 4.79 Å². The second-order valence-corrected chi connectivity index (χ2v) is 5.62. The van der Waals surface area contributed by atoms with Crippen LogP contribution in [0.5, 0.6) is 0 Å². The summed E-state index contributed by atoms with van der Waals surface area (Å²) in [6.45, 7) is 8.59. The van der Waals surface area contributed by atoms with E-state index < -0.39 is 5.60 Å². The fourth-order valence-corrected chi connectivity index (χ4v) is 2.35. The van der Waals surface area contributed by atoms with E-state index in [1.165, 1.54) is 0 Å². The van der Waals surface area contributed by atoms with Crippen molar-refractivity contribution in [1.82, 2.24) is 5.32 Å². The molecular formula is C14H27NO3. The second kappa shape index (κ2) is 6.02. The van der Waals surface area contributed by atoms with Crippen LogP contribution in [0.3, 0.4) is 0 Å². The SMILES string of the molecule is CCC1(CC)CC(NC(=O)C(C)(C)OC)CCO1. The fraction of sp³-hybridized carbons (Fsp3) is 0.929. The molecule has 1 heterocycles. The van der Waals surface area contributed by atoms with Gasteiger partial charge in [-0.2, -0.15) is 0 Å². The molecule has 1 saturated heterocycles. The highest BCUT2D eigenvalue weighted by molar-refractivity contribution is 5.84. The Morgan fingerprint density at radius 3 is 2.56 bits per heavy atom. The van der Waals surface area contributed by atoms with Gasteiger partial charge in [0.15, 0.2) is 0 Å². The van der Waals surface area contributed by atoms with Crippen LogP contribution in [-0.4, -0.2) is 36.9 Å². The molecule has 1 aliphatic heterocycles. The fourth-order valence-electron chi connectivity index (χ4n) is 2.35. The Morgan fingerprint density at radius 2 is 2.06 bits per heavy atom. The van der Waals surface area contributed by atoms with Gasteiger partial charge in [-0.1, -0.05) is 13.8 Å². The monoisotopic (exact) mass is 257 g/mol. The van der Waals surface area contributed by atoms with Gasteiger partial charge in [-0.25, -0.2) is 0 Å². The molecule has 1 fully saturated rings. The first kappa shape index (κ1) is 15.4. The lowest BCUT2D eigenvalue weighted by Gasteiger charge is -2.41. The highest BCUT2D eigenvalue weighted by Crippen LogP contribution is 2.31. The zero-order valence-corrected chi connectivity index (χ0v) is 12.3. The molecule has 0 saturated carbocycles. The quantitative estimate of drug-likeness (QED) is 0.822. The molecule has 1 N–H and O–H groups in total. The number of amides is 1. The molecule has 0 aliphatic carbocycles. The Balaban J connectivity index is 2.61. The summed E-state index contributed by atoms with van der Waals surface area (Å²) in [5, 5.41) is 3.09. The van der Waals surface area contributed by atoms with E-state index in [-0.39, 0.29) is 17.6 Å². The summed E-state index contributed by atoms with van der Waals surface area (Å²) < 4.78 is 11.1. The molecule has 0 aromatic rings. The van der Waals surface area contributed by atoms with E-state index >= 15 is 0 Å². The van der Waals surface area contributed by atoms with E-state index in [4.69, 9.17) is 9.47 Å². The van der Waals surface area contributed by atoms with Crippen LogP contribution < -0.4 is 5.32 Å². The molecule has 0 radical (unpaired) electrons. The first-order valence-corrected chi connectivity index (χ1v) is 6.89. The number of carbonyl (C=O) groups is 1. The van der Waals surface area contributed by atoms with E-state index in [0.29, 0.717) is 0 Å². The number of carbonyl (C=O) groups excluding carboxylic acids is 1. The van der Waals surface area contributed by atoms with Gasteiger partial charge in [-0.05, 0) is 39.5 Å². The lowest BCUT2D eigenvalue weighted by molar-refractivity contribution is -0.143. The lowest BCUT2D eigenvalue weighted by Crippen LogP contribution is -2.53. The van der Waals surface area contributed by atoms with Gasteiger partial charge in [0.1, 0.15) is 5.60 Å². The van der Waals surface area contributed by atoms with E-state index in [1.807, 2.05) is 0 Å². The Labute approximate surface area is 110 Å². The van der Waals surface area contributed by atoms with Crippen molar-refractivity contribution in [3.8, 4) is 0 Å². The highest BCUT2D eigenvalue weighted by atomic mass is 16.5. The maximum atomic E-state index is 12.1. The zero-order valence-electron chi connectivity index (χ0n) is 12.3. The molecule has 18 heavy (non-hydrogen) atoms. The predicted molar refractivity (Wildman–Crippen MR) is 71.5 cm³/mol. The molecule has 1 unspecified atom stereocenters. The van der Waals surface area contributed by atoms with Crippen LogP contribution in [0.4, 0.5) is 0 Å². The van der Waals surface area contributed by atoms with Gasteiger partial charge in [0.2, 0.25) is 0 Å². The molecular weight excluding hydrogens is 230 g/mol. The van der Waals surface area contributed by atoms with Crippen molar-refractivity contribution in [2.24, 2.45) is 0 Å². The van der Waals surface area contributed by atoms with Gasteiger partial charge >= 0.3 is 0 Å². The summed E-state index contributed by atoms with van der Waals surface area (Å²) in [4.78, 5) is 12.1. The summed E-state index contributed by atoms with van der Waals surface area (Å²) in [5.74, 6) is -0.0435. The standard InChI is InChI=1S/C14H27NO3/c1-6-14(7-2)10-11(8-9-18-14)15-12(16)13(3,4)17-5/h11H,6-10H2,1-5H3,(H,15,16). The van der Waals surface area contributed by atoms with Crippen molar-refractivity contribution >= 4 is 5.91 Å². The minimum absolute atomic E-state index is 0.0435. The maximum absolute atomic E-state index is 12.1. The van der Waals surface area contributed by atoms with Gasteiger partial charge < -0.3 is 14.8 Å².